The summed E-state index contributed by atoms with van der Waals surface area (Å²) in [6.07, 6.45) is -3.75. The van der Waals surface area contributed by atoms with E-state index in [1.165, 1.54) is 12.1 Å². The second kappa shape index (κ2) is 4.21. The Hall–Kier alpha value is -1.39. The lowest BCUT2D eigenvalue weighted by Crippen LogP contribution is -1.99. The number of halogens is 3. The molecule has 1 aromatic carbocycles. The average Bonchev–Trinajstić information content (AvgIpc) is 2.14. The number of aryl methyl sites for hydroxylation is 1. The van der Waals surface area contributed by atoms with Crippen LogP contribution in [0.2, 0.25) is 0 Å². The first-order chi connectivity index (χ1) is 6.51. The van der Waals surface area contributed by atoms with Crippen LogP contribution in [0.5, 0.6) is 0 Å². The number of rotatable bonds is 2. The molecule has 0 aliphatic rings. The maximum absolute atomic E-state index is 11.6. The molecule has 0 unspecified atom stereocenters. The lowest BCUT2D eigenvalue weighted by atomic mass is 10.2. The molecular formula is C9H9F3N2. The van der Waals surface area contributed by atoms with Gasteiger partial charge in [0, 0.05) is 0 Å². The van der Waals surface area contributed by atoms with E-state index < -0.39 is 6.30 Å². The number of nitrogens with zero attached hydrogens (tertiary/aromatic N) is 2. The second-order valence-electron chi connectivity index (χ2n) is 2.69. The summed E-state index contributed by atoms with van der Waals surface area (Å²) in [6.45, 7) is 1.96. The summed E-state index contributed by atoms with van der Waals surface area (Å²) in [6, 6.07) is 6.47. The lowest BCUT2D eigenvalue weighted by Gasteiger charge is -1.97. The molecule has 0 spiro atoms. The van der Waals surface area contributed by atoms with Gasteiger partial charge < -0.3 is 0 Å². The van der Waals surface area contributed by atoms with Gasteiger partial charge in [0.05, 0.1) is 5.69 Å². The van der Waals surface area contributed by atoms with Crippen LogP contribution in [0.15, 0.2) is 34.5 Å². The molecular weight excluding hydrogens is 193 g/mol. The summed E-state index contributed by atoms with van der Waals surface area (Å²) < 4.78 is 34.9. The molecule has 0 N–H and O–H groups in total. The van der Waals surface area contributed by atoms with Crippen LogP contribution in [0.4, 0.5) is 18.9 Å². The first kappa shape index (κ1) is 10.7. The molecule has 0 atom stereocenters. The molecule has 0 amide bonds. The molecule has 1 aromatic rings. The van der Waals surface area contributed by atoms with Crippen LogP contribution in [0.3, 0.4) is 0 Å². The van der Waals surface area contributed by atoms with Crippen molar-refractivity contribution in [1.82, 2.24) is 0 Å². The molecule has 0 aromatic heterocycles. The van der Waals surface area contributed by atoms with Gasteiger partial charge in [-0.05, 0) is 24.1 Å². The highest BCUT2D eigenvalue weighted by Gasteiger charge is 2.26. The zero-order valence-electron chi connectivity index (χ0n) is 7.54. The normalized spacial score (nSPS) is 12.3. The Morgan fingerprint density at radius 2 is 1.71 bits per heavy atom. The maximum Gasteiger partial charge on any atom is 0.521 e. The zero-order chi connectivity index (χ0) is 10.6. The second-order valence-corrected chi connectivity index (χ2v) is 2.69. The minimum Gasteiger partial charge on any atom is -0.148 e. The maximum atomic E-state index is 11.6. The van der Waals surface area contributed by atoms with Crippen LogP contribution in [0.1, 0.15) is 12.5 Å². The van der Waals surface area contributed by atoms with Gasteiger partial charge in [0.25, 0.3) is 0 Å². The van der Waals surface area contributed by atoms with Crippen LogP contribution >= 0.6 is 0 Å². The molecule has 0 fully saturated rings. The van der Waals surface area contributed by atoms with Crippen molar-refractivity contribution < 1.29 is 13.2 Å². The fourth-order valence-corrected chi connectivity index (χ4v) is 0.913. The van der Waals surface area contributed by atoms with Crippen molar-refractivity contribution in [3.8, 4) is 0 Å². The highest BCUT2D eigenvalue weighted by molar-refractivity contribution is 5.38. The van der Waals surface area contributed by atoms with Crippen molar-refractivity contribution in [2.45, 2.75) is 19.6 Å². The van der Waals surface area contributed by atoms with E-state index in [2.05, 4.69) is 10.2 Å². The van der Waals surface area contributed by atoms with E-state index in [9.17, 15) is 13.2 Å². The Morgan fingerprint density at radius 1 is 1.14 bits per heavy atom. The van der Waals surface area contributed by atoms with E-state index >= 15 is 0 Å². The molecule has 0 aliphatic heterocycles. The highest BCUT2D eigenvalue weighted by atomic mass is 19.4. The summed E-state index contributed by atoms with van der Waals surface area (Å²) in [5, 5.41) is 5.26. The standard InChI is InChI=1S/C9H9F3N2/c1-2-7-3-5-8(6-4-7)13-14-9(10,11)12/h3-6H,2H2,1H3. The summed E-state index contributed by atoms with van der Waals surface area (Å²) in [4.78, 5) is 0. The number of azo groups is 1. The largest absolute Gasteiger partial charge is 0.521 e. The smallest absolute Gasteiger partial charge is 0.148 e. The number of hydrogen-bond acceptors (Lipinski definition) is 2. The molecule has 0 heterocycles. The van der Waals surface area contributed by atoms with Crippen LogP contribution in [-0.4, -0.2) is 6.30 Å². The fourth-order valence-electron chi connectivity index (χ4n) is 0.913. The lowest BCUT2D eigenvalue weighted by molar-refractivity contribution is -0.125. The predicted molar refractivity (Wildman–Crippen MR) is 46.4 cm³/mol. The van der Waals surface area contributed by atoms with E-state index in [4.69, 9.17) is 0 Å². The molecule has 5 heteroatoms. The molecule has 76 valence electrons. The number of alkyl halides is 3. The third-order valence-corrected chi connectivity index (χ3v) is 1.62. The van der Waals surface area contributed by atoms with Crippen LogP contribution in [0.25, 0.3) is 0 Å². The topological polar surface area (TPSA) is 24.7 Å². The third-order valence-electron chi connectivity index (χ3n) is 1.62. The Balaban J connectivity index is 2.74. The third kappa shape index (κ3) is 3.55. The van der Waals surface area contributed by atoms with E-state index in [1.807, 2.05) is 6.92 Å². The van der Waals surface area contributed by atoms with Crippen LogP contribution in [-0.2, 0) is 6.42 Å². The van der Waals surface area contributed by atoms with Crippen molar-refractivity contribution in [3.63, 3.8) is 0 Å². The van der Waals surface area contributed by atoms with Gasteiger partial charge in [0.15, 0.2) is 0 Å². The minimum absolute atomic E-state index is 0.208. The monoisotopic (exact) mass is 202 g/mol. The Morgan fingerprint density at radius 3 is 2.14 bits per heavy atom. The van der Waals surface area contributed by atoms with Crippen molar-refractivity contribution in [3.05, 3.63) is 29.8 Å². The molecule has 0 saturated carbocycles. The number of benzene rings is 1. The first-order valence-corrected chi connectivity index (χ1v) is 4.10. The van der Waals surface area contributed by atoms with Gasteiger partial charge >= 0.3 is 6.30 Å². The van der Waals surface area contributed by atoms with E-state index in [0.29, 0.717) is 0 Å². The first-order valence-electron chi connectivity index (χ1n) is 4.10. The molecule has 0 bridgehead atoms. The zero-order valence-corrected chi connectivity index (χ0v) is 7.54. The SMILES string of the molecule is CCc1ccc(N=NC(F)(F)F)cc1. The van der Waals surface area contributed by atoms with Gasteiger partial charge in [-0.25, -0.2) is 0 Å². The molecule has 0 saturated heterocycles. The summed E-state index contributed by atoms with van der Waals surface area (Å²) in [5.74, 6) is 0. The van der Waals surface area contributed by atoms with Crippen LogP contribution in [0, 0.1) is 0 Å². The van der Waals surface area contributed by atoms with Gasteiger partial charge in [-0.1, -0.05) is 24.2 Å². The van der Waals surface area contributed by atoms with Gasteiger partial charge in [0.1, 0.15) is 0 Å². The average molecular weight is 202 g/mol. The Bertz CT molecular complexity index is 314. The molecule has 1 rings (SSSR count). The Labute approximate surface area is 79.5 Å². The van der Waals surface area contributed by atoms with Gasteiger partial charge in [-0.15, -0.1) is 18.3 Å². The molecule has 14 heavy (non-hydrogen) atoms. The van der Waals surface area contributed by atoms with Crippen molar-refractivity contribution in [2.75, 3.05) is 0 Å². The molecule has 2 nitrogen and oxygen atoms in total. The number of hydrogen-bond donors (Lipinski definition) is 0. The van der Waals surface area contributed by atoms with Crippen molar-refractivity contribution in [2.24, 2.45) is 10.2 Å². The fraction of sp³-hybridized carbons (Fsp3) is 0.333. The molecule has 0 aliphatic carbocycles. The summed E-state index contributed by atoms with van der Waals surface area (Å²) in [5.41, 5.74) is 1.26. The van der Waals surface area contributed by atoms with E-state index in [0.717, 1.165) is 12.0 Å². The quantitative estimate of drug-likeness (QED) is 0.514. The summed E-state index contributed by atoms with van der Waals surface area (Å²) in [7, 11) is 0. The van der Waals surface area contributed by atoms with E-state index in [-0.39, 0.29) is 5.69 Å². The van der Waals surface area contributed by atoms with Gasteiger partial charge in [-0.3, -0.25) is 0 Å². The summed E-state index contributed by atoms with van der Waals surface area (Å²) >= 11 is 0. The van der Waals surface area contributed by atoms with Gasteiger partial charge in [0.2, 0.25) is 0 Å². The molecule has 0 radical (unpaired) electrons. The highest BCUT2D eigenvalue weighted by Crippen LogP contribution is 2.21. The Kier molecular flexibility index (Phi) is 3.22. The van der Waals surface area contributed by atoms with Gasteiger partial charge in [-0.2, -0.15) is 0 Å². The predicted octanol–water partition coefficient (Wildman–Crippen LogP) is 3.85. The van der Waals surface area contributed by atoms with Crippen molar-refractivity contribution >= 4 is 5.69 Å². The van der Waals surface area contributed by atoms with Crippen molar-refractivity contribution in [1.29, 1.82) is 0 Å². The van der Waals surface area contributed by atoms with Crippen LogP contribution < -0.4 is 0 Å². The minimum atomic E-state index is -4.59. The van der Waals surface area contributed by atoms with E-state index in [1.54, 1.807) is 12.1 Å².